The van der Waals surface area contributed by atoms with Gasteiger partial charge < -0.3 is 10.1 Å². The third-order valence-electron chi connectivity index (χ3n) is 3.69. The fraction of sp³-hybridized carbons (Fsp3) is 0.692. The fourth-order valence-electron chi connectivity index (χ4n) is 2.73. The quantitative estimate of drug-likeness (QED) is 0.915. The van der Waals surface area contributed by atoms with Crippen molar-refractivity contribution in [3.8, 4) is 0 Å². The number of fused-ring (bicyclic) bond motifs is 1. The molecule has 0 atom stereocenters. The summed E-state index contributed by atoms with van der Waals surface area (Å²) in [7, 11) is 0. The summed E-state index contributed by atoms with van der Waals surface area (Å²) in [5.41, 5.74) is 1.10. The summed E-state index contributed by atoms with van der Waals surface area (Å²) >= 11 is 1.55. The Labute approximate surface area is 111 Å². The lowest BCUT2D eigenvalue weighted by Crippen LogP contribution is -2.15. The molecule has 1 aromatic rings. The van der Waals surface area contributed by atoms with Crippen molar-refractivity contribution in [2.24, 2.45) is 5.92 Å². The highest BCUT2D eigenvalue weighted by Crippen LogP contribution is 2.29. The van der Waals surface area contributed by atoms with Gasteiger partial charge in [-0.15, -0.1) is 0 Å². The molecule has 0 bridgehead atoms. The number of hydrogen-bond acceptors (Lipinski definition) is 4. The van der Waals surface area contributed by atoms with E-state index in [-0.39, 0.29) is 5.91 Å². The van der Waals surface area contributed by atoms with Crippen LogP contribution in [0.15, 0.2) is 0 Å². The van der Waals surface area contributed by atoms with Crippen molar-refractivity contribution in [1.29, 1.82) is 0 Å². The first-order valence-electron chi connectivity index (χ1n) is 6.67. The molecule has 3 rings (SSSR count). The predicted octanol–water partition coefficient (Wildman–Crippen LogP) is 2.73. The van der Waals surface area contributed by atoms with Crippen LogP contribution in [-0.2, 0) is 22.6 Å². The van der Waals surface area contributed by atoms with Gasteiger partial charge in [0.25, 0.3) is 0 Å². The molecule has 0 unspecified atom stereocenters. The monoisotopic (exact) mass is 266 g/mol. The van der Waals surface area contributed by atoms with Crippen LogP contribution in [0.1, 0.15) is 42.7 Å². The van der Waals surface area contributed by atoms with E-state index in [4.69, 9.17) is 4.74 Å². The molecule has 0 spiro atoms. The zero-order chi connectivity index (χ0) is 12.4. The smallest absolute Gasteiger partial charge is 0.226 e. The Hall–Kier alpha value is -0.940. The standard InChI is InChI=1S/C13H18N2O2S/c16-12(7-9-3-1-2-4-9)15-13-14-10-5-6-17-8-11(10)18-13/h9H,1-8H2,(H,14,15,16). The van der Waals surface area contributed by atoms with Crippen molar-refractivity contribution in [2.45, 2.75) is 45.1 Å². The van der Waals surface area contributed by atoms with E-state index in [0.29, 0.717) is 18.9 Å². The second-order valence-corrected chi connectivity index (χ2v) is 6.18. The van der Waals surface area contributed by atoms with Gasteiger partial charge in [0.15, 0.2) is 5.13 Å². The molecule has 0 aromatic carbocycles. The summed E-state index contributed by atoms with van der Waals surface area (Å²) in [5.74, 6) is 0.705. The zero-order valence-corrected chi connectivity index (χ0v) is 11.2. The van der Waals surface area contributed by atoms with E-state index < -0.39 is 0 Å². The summed E-state index contributed by atoms with van der Waals surface area (Å²) in [6, 6.07) is 0. The lowest BCUT2D eigenvalue weighted by Gasteiger charge is -2.08. The maximum atomic E-state index is 11.9. The minimum Gasteiger partial charge on any atom is -0.375 e. The third kappa shape index (κ3) is 2.72. The molecule has 1 aliphatic heterocycles. The highest BCUT2D eigenvalue weighted by molar-refractivity contribution is 7.15. The van der Waals surface area contributed by atoms with E-state index in [2.05, 4.69) is 10.3 Å². The zero-order valence-electron chi connectivity index (χ0n) is 10.4. The van der Waals surface area contributed by atoms with Crippen molar-refractivity contribution in [3.63, 3.8) is 0 Å². The van der Waals surface area contributed by atoms with Crippen LogP contribution in [0, 0.1) is 5.92 Å². The lowest BCUT2D eigenvalue weighted by molar-refractivity contribution is -0.117. The van der Waals surface area contributed by atoms with Gasteiger partial charge in [-0.1, -0.05) is 24.2 Å². The first-order valence-corrected chi connectivity index (χ1v) is 7.49. The number of amides is 1. The molecule has 1 fully saturated rings. The van der Waals surface area contributed by atoms with Crippen LogP contribution in [-0.4, -0.2) is 17.5 Å². The second-order valence-electron chi connectivity index (χ2n) is 5.09. The van der Waals surface area contributed by atoms with E-state index in [1.54, 1.807) is 11.3 Å². The summed E-state index contributed by atoms with van der Waals surface area (Å²) in [5, 5.41) is 3.68. The normalized spacial score (nSPS) is 19.8. The largest absolute Gasteiger partial charge is 0.375 e. The number of hydrogen-bond donors (Lipinski definition) is 1. The number of carbonyl (C=O) groups is 1. The predicted molar refractivity (Wildman–Crippen MR) is 70.7 cm³/mol. The Morgan fingerprint density at radius 3 is 3.06 bits per heavy atom. The molecule has 1 aliphatic carbocycles. The van der Waals surface area contributed by atoms with Gasteiger partial charge in [-0.25, -0.2) is 4.98 Å². The molecular formula is C13H18N2O2S. The Morgan fingerprint density at radius 1 is 1.44 bits per heavy atom. The van der Waals surface area contributed by atoms with Crippen molar-refractivity contribution in [3.05, 3.63) is 10.6 Å². The van der Waals surface area contributed by atoms with Gasteiger partial charge in [-0.3, -0.25) is 4.79 Å². The number of ether oxygens (including phenoxy) is 1. The van der Waals surface area contributed by atoms with E-state index in [0.717, 1.165) is 28.7 Å². The van der Waals surface area contributed by atoms with E-state index >= 15 is 0 Å². The Balaban J connectivity index is 1.58. The van der Waals surface area contributed by atoms with Gasteiger partial charge in [0.2, 0.25) is 5.91 Å². The van der Waals surface area contributed by atoms with Crippen LogP contribution in [0.4, 0.5) is 5.13 Å². The Bertz CT molecular complexity index is 415. The van der Waals surface area contributed by atoms with Crippen LogP contribution in [0.2, 0.25) is 0 Å². The molecule has 4 nitrogen and oxygen atoms in total. The topological polar surface area (TPSA) is 51.2 Å². The van der Waals surface area contributed by atoms with E-state index in [9.17, 15) is 4.79 Å². The minimum absolute atomic E-state index is 0.119. The van der Waals surface area contributed by atoms with Gasteiger partial charge in [0.05, 0.1) is 23.8 Å². The van der Waals surface area contributed by atoms with Crippen molar-refractivity contribution < 1.29 is 9.53 Å². The highest BCUT2D eigenvalue weighted by atomic mass is 32.1. The molecule has 1 amide bonds. The Morgan fingerprint density at radius 2 is 2.28 bits per heavy atom. The number of anilines is 1. The molecule has 0 saturated heterocycles. The first kappa shape index (κ1) is 12.1. The maximum absolute atomic E-state index is 11.9. The van der Waals surface area contributed by atoms with E-state index in [1.807, 2.05) is 0 Å². The first-order chi connectivity index (χ1) is 8.81. The van der Waals surface area contributed by atoms with Crippen LogP contribution < -0.4 is 5.32 Å². The van der Waals surface area contributed by atoms with Crippen molar-refractivity contribution in [2.75, 3.05) is 11.9 Å². The van der Waals surface area contributed by atoms with Crippen LogP contribution >= 0.6 is 11.3 Å². The molecule has 2 aliphatic rings. The van der Waals surface area contributed by atoms with Gasteiger partial charge in [-0.05, 0) is 18.8 Å². The molecule has 1 aromatic heterocycles. The number of carbonyl (C=O) groups excluding carboxylic acids is 1. The van der Waals surface area contributed by atoms with Gasteiger partial charge in [-0.2, -0.15) is 0 Å². The maximum Gasteiger partial charge on any atom is 0.226 e. The van der Waals surface area contributed by atoms with Crippen LogP contribution in [0.3, 0.4) is 0 Å². The molecule has 18 heavy (non-hydrogen) atoms. The summed E-state index contributed by atoms with van der Waals surface area (Å²) in [6.45, 7) is 1.39. The molecule has 5 heteroatoms. The number of rotatable bonds is 3. The summed E-state index contributed by atoms with van der Waals surface area (Å²) < 4.78 is 5.38. The van der Waals surface area contributed by atoms with Crippen LogP contribution in [0.5, 0.6) is 0 Å². The third-order valence-corrected chi connectivity index (χ3v) is 4.68. The average molecular weight is 266 g/mol. The molecule has 0 radical (unpaired) electrons. The molecule has 1 N–H and O–H groups in total. The fourth-order valence-corrected chi connectivity index (χ4v) is 3.69. The van der Waals surface area contributed by atoms with Crippen molar-refractivity contribution in [1.82, 2.24) is 4.98 Å². The van der Waals surface area contributed by atoms with Crippen LogP contribution in [0.25, 0.3) is 0 Å². The van der Waals surface area contributed by atoms with Crippen molar-refractivity contribution >= 4 is 22.4 Å². The lowest BCUT2D eigenvalue weighted by atomic mass is 10.0. The Kier molecular flexibility index (Phi) is 3.61. The SMILES string of the molecule is O=C(CC1CCCC1)Nc1nc2c(s1)COCC2. The number of nitrogens with zero attached hydrogens (tertiary/aromatic N) is 1. The van der Waals surface area contributed by atoms with Gasteiger partial charge >= 0.3 is 0 Å². The highest BCUT2D eigenvalue weighted by Gasteiger charge is 2.20. The van der Waals surface area contributed by atoms with E-state index in [1.165, 1.54) is 25.7 Å². The molecule has 98 valence electrons. The number of thiazole rings is 1. The summed E-state index contributed by atoms with van der Waals surface area (Å²) in [6.07, 6.45) is 6.48. The van der Waals surface area contributed by atoms with Gasteiger partial charge in [0.1, 0.15) is 0 Å². The van der Waals surface area contributed by atoms with Gasteiger partial charge in [0, 0.05) is 12.8 Å². The number of nitrogens with one attached hydrogen (secondary N) is 1. The molecule has 1 saturated carbocycles. The number of aromatic nitrogens is 1. The molecule has 2 heterocycles. The molecular weight excluding hydrogens is 248 g/mol. The second kappa shape index (κ2) is 5.36. The minimum atomic E-state index is 0.119. The average Bonchev–Trinajstić information content (AvgIpc) is 2.96. The summed E-state index contributed by atoms with van der Waals surface area (Å²) in [4.78, 5) is 17.5.